The highest BCUT2D eigenvalue weighted by Crippen LogP contribution is 2.38. The van der Waals surface area contributed by atoms with E-state index in [9.17, 15) is 4.79 Å². The summed E-state index contributed by atoms with van der Waals surface area (Å²) in [5.41, 5.74) is 0. The van der Waals surface area contributed by atoms with Crippen molar-refractivity contribution in [2.75, 3.05) is 20.1 Å². The minimum atomic E-state index is -0.0457. The van der Waals surface area contributed by atoms with Gasteiger partial charge in [-0.25, -0.2) is 0 Å². The Morgan fingerprint density at radius 2 is 2.17 bits per heavy atom. The number of nitrogens with zero attached hydrogens (tertiary/aromatic N) is 4. The molecule has 0 radical (unpaired) electrons. The first-order valence-corrected chi connectivity index (χ1v) is 9.17. The number of carbonyl (C=O) groups excluding carboxylic acids is 1. The van der Waals surface area contributed by atoms with Crippen LogP contribution in [-0.4, -0.2) is 64.1 Å². The molecule has 1 aliphatic heterocycles. The second-order valence-electron chi connectivity index (χ2n) is 7.63. The third kappa shape index (κ3) is 3.62. The fraction of sp³-hybridized carbons (Fsp3) is 0.824. The molecule has 3 fully saturated rings. The summed E-state index contributed by atoms with van der Waals surface area (Å²) in [6.45, 7) is 4.61. The van der Waals surface area contributed by atoms with E-state index >= 15 is 0 Å². The van der Waals surface area contributed by atoms with Gasteiger partial charge in [0.2, 0.25) is 11.8 Å². The Morgan fingerprint density at radius 3 is 2.88 bits per heavy atom. The van der Waals surface area contributed by atoms with Gasteiger partial charge < -0.3 is 9.84 Å². The molecule has 7 heteroatoms. The van der Waals surface area contributed by atoms with Crippen molar-refractivity contribution in [3.63, 3.8) is 0 Å². The van der Waals surface area contributed by atoms with E-state index in [0.717, 1.165) is 44.1 Å². The standard InChI is InChI=1S/C17H27N5O2/c1-11(16(23)18-13-5-6-13)22-8-7-14(9-22)21(2)10-15-19-17(24-20-15)12-3-4-12/h11-14H,3-10H2,1-2H3,(H,18,23)/t11-,14-/m1/s1. The molecule has 2 atom stereocenters. The Balaban J connectivity index is 1.27. The highest BCUT2D eigenvalue weighted by Gasteiger charge is 2.34. The molecule has 1 saturated heterocycles. The first-order valence-electron chi connectivity index (χ1n) is 9.17. The lowest BCUT2D eigenvalue weighted by Crippen LogP contribution is -2.46. The van der Waals surface area contributed by atoms with E-state index in [1.807, 2.05) is 6.92 Å². The molecular weight excluding hydrogens is 306 g/mol. The molecule has 0 aromatic carbocycles. The van der Waals surface area contributed by atoms with E-state index in [4.69, 9.17) is 4.52 Å². The predicted molar refractivity (Wildman–Crippen MR) is 88.3 cm³/mol. The van der Waals surface area contributed by atoms with Crippen LogP contribution < -0.4 is 5.32 Å². The highest BCUT2D eigenvalue weighted by atomic mass is 16.5. The Hall–Kier alpha value is -1.47. The fourth-order valence-corrected chi connectivity index (χ4v) is 3.37. The first-order chi connectivity index (χ1) is 11.6. The molecule has 2 heterocycles. The second kappa shape index (κ2) is 6.44. The van der Waals surface area contributed by atoms with E-state index in [-0.39, 0.29) is 11.9 Å². The Morgan fingerprint density at radius 1 is 1.38 bits per heavy atom. The maximum atomic E-state index is 12.2. The van der Waals surface area contributed by atoms with Gasteiger partial charge in [0.05, 0.1) is 12.6 Å². The van der Waals surface area contributed by atoms with Gasteiger partial charge in [-0.15, -0.1) is 0 Å². The molecule has 0 unspecified atom stereocenters. The lowest BCUT2D eigenvalue weighted by molar-refractivity contribution is -0.125. The number of amides is 1. The van der Waals surface area contributed by atoms with Gasteiger partial charge in [-0.2, -0.15) is 4.98 Å². The molecule has 0 spiro atoms. The molecule has 1 amide bonds. The summed E-state index contributed by atoms with van der Waals surface area (Å²) in [6, 6.07) is 0.819. The molecule has 1 aromatic rings. The van der Waals surface area contributed by atoms with E-state index in [1.165, 1.54) is 12.8 Å². The molecule has 4 rings (SSSR count). The summed E-state index contributed by atoms with van der Waals surface area (Å²) in [5, 5.41) is 7.21. The maximum absolute atomic E-state index is 12.2. The van der Waals surface area contributed by atoms with E-state index < -0.39 is 0 Å². The highest BCUT2D eigenvalue weighted by molar-refractivity contribution is 5.81. The van der Waals surface area contributed by atoms with Crippen molar-refractivity contribution >= 4 is 5.91 Å². The maximum Gasteiger partial charge on any atom is 0.237 e. The van der Waals surface area contributed by atoms with Crippen LogP contribution in [0.4, 0.5) is 0 Å². The SMILES string of the molecule is C[C@H](C(=O)NC1CC1)N1CC[C@@H](N(C)Cc2noc(C3CC3)n2)C1. The van der Waals surface area contributed by atoms with Gasteiger partial charge in [-0.05, 0) is 46.1 Å². The molecule has 132 valence electrons. The summed E-state index contributed by atoms with van der Waals surface area (Å²) >= 11 is 0. The minimum Gasteiger partial charge on any atom is -0.352 e. The number of nitrogens with one attached hydrogen (secondary N) is 1. The third-order valence-electron chi connectivity index (χ3n) is 5.47. The Bertz CT molecular complexity index is 596. The number of likely N-dealkylation sites (tertiary alicyclic amines) is 1. The van der Waals surface area contributed by atoms with Crippen LogP contribution in [0.2, 0.25) is 0 Å². The van der Waals surface area contributed by atoms with Crippen LogP contribution in [0.3, 0.4) is 0 Å². The van der Waals surface area contributed by atoms with Crippen molar-refractivity contribution in [2.24, 2.45) is 0 Å². The normalized spacial score (nSPS) is 26.0. The molecule has 1 aromatic heterocycles. The fourth-order valence-electron chi connectivity index (χ4n) is 3.37. The third-order valence-corrected chi connectivity index (χ3v) is 5.47. The second-order valence-corrected chi connectivity index (χ2v) is 7.63. The van der Waals surface area contributed by atoms with Crippen LogP contribution in [0.1, 0.15) is 56.7 Å². The van der Waals surface area contributed by atoms with Crippen LogP contribution in [-0.2, 0) is 11.3 Å². The largest absolute Gasteiger partial charge is 0.352 e. The lowest BCUT2D eigenvalue weighted by atomic mass is 10.2. The average molecular weight is 333 g/mol. The first kappa shape index (κ1) is 16.0. The van der Waals surface area contributed by atoms with Crippen LogP contribution in [0.15, 0.2) is 4.52 Å². The van der Waals surface area contributed by atoms with Gasteiger partial charge in [0.1, 0.15) is 0 Å². The lowest BCUT2D eigenvalue weighted by Gasteiger charge is -2.26. The van der Waals surface area contributed by atoms with Crippen LogP contribution in [0.25, 0.3) is 0 Å². The van der Waals surface area contributed by atoms with Gasteiger partial charge in [0.25, 0.3) is 0 Å². The van der Waals surface area contributed by atoms with E-state index in [2.05, 4.69) is 32.3 Å². The zero-order valence-electron chi connectivity index (χ0n) is 14.6. The topological polar surface area (TPSA) is 74.5 Å². The van der Waals surface area contributed by atoms with Gasteiger partial charge in [0, 0.05) is 31.1 Å². The van der Waals surface area contributed by atoms with Crippen molar-refractivity contribution < 1.29 is 9.32 Å². The molecule has 1 N–H and O–H groups in total. The van der Waals surface area contributed by atoms with Gasteiger partial charge >= 0.3 is 0 Å². The number of rotatable bonds is 7. The molecule has 0 bridgehead atoms. The number of likely N-dealkylation sites (N-methyl/N-ethyl adjacent to an activating group) is 1. The summed E-state index contributed by atoms with van der Waals surface area (Å²) in [5.74, 6) is 2.26. The van der Waals surface area contributed by atoms with E-state index in [0.29, 0.717) is 24.5 Å². The smallest absolute Gasteiger partial charge is 0.237 e. The summed E-state index contributed by atoms with van der Waals surface area (Å²) in [6.07, 6.45) is 5.70. The summed E-state index contributed by atoms with van der Waals surface area (Å²) in [7, 11) is 2.11. The van der Waals surface area contributed by atoms with Crippen molar-refractivity contribution in [1.82, 2.24) is 25.3 Å². The summed E-state index contributed by atoms with van der Waals surface area (Å²) in [4.78, 5) is 21.3. The minimum absolute atomic E-state index is 0.0457. The van der Waals surface area contributed by atoms with Crippen LogP contribution in [0, 0.1) is 0 Å². The molecule has 2 aliphatic carbocycles. The molecular formula is C17H27N5O2. The monoisotopic (exact) mass is 333 g/mol. The number of hydrogen-bond donors (Lipinski definition) is 1. The number of carbonyl (C=O) groups is 1. The zero-order chi connectivity index (χ0) is 16.7. The molecule has 7 nitrogen and oxygen atoms in total. The summed E-state index contributed by atoms with van der Waals surface area (Å²) < 4.78 is 5.33. The molecule has 2 saturated carbocycles. The predicted octanol–water partition coefficient (Wildman–Crippen LogP) is 1.12. The van der Waals surface area contributed by atoms with Gasteiger partial charge in [-0.1, -0.05) is 5.16 Å². The molecule has 24 heavy (non-hydrogen) atoms. The van der Waals surface area contributed by atoms with Crippen LogP contribution in [0.5, 0.6) is 0 Å². The van der Waals surface area contributed by atoms with Crippen molar-refractivity contribution in [3.05, 3.63) is 11.7 Å². The Labute approximate surface area is 142 Å². The van der Waals surface area contributed by atoms with Gasteiger partial charge in [0.15, 0.2) is 5.82 Å². The molecule has 3 aliphatic rings. The van der Waals surface area contributed by atoms with Crippen molar-refractivity contribution in [3.8, 4) is 0 Å². The number of aromatic nitrogens is 2. The van der Waals surface area contributed by atoms with E-state index in [1.54, 1.807) is 0 Å². The van der Waals surface area contributed by atoms with Gasteiger partial charge in [-0.3, -0.25) is 14.6 Å². The number of hydrogen-bond acceptors (Lipinski definition) is 6. The zero-order valence-corrected chi connectivity index (χ0v) is 14.6. The Kier molecular flexibility index (Phi) is 4.30. The van der Waals surface area contributed by atoms with Crippen LogP contribution >= 0.6 is 0 Å². The average Bonchev–Trinajstić information content (AvgIpc) is 3.48. The quantitative estimate of drug-likeness (QED) is 0.806. The van der Waals surface area contributed by atoms with Crippen molar-refractivity contribution in [1.29, 1.82) is 0 Å². The van der Waals surface area contributed by atoms with Crippen molar-refractivity contribution in [2.45, 2.75) is 69.6 Å².